The summed E-state index contributed by atoms with van der Waals surface area (Å²) >= 11 is 0. The second kappa shape index (κ2) is 9.48. The molecule has 0 N–H and O–H groups in total. The molecule has 2 aliphatic carbocycles. The third kappa shape index (κ3) is 6.05. The topological polar surface area (TPSA) is 26.3 Å². The number of hydrogen-bond acceptors (Lipinski definition) is 2. The van der Waals surface area contributed by atoms with Gasteiger partial charge in [-0.3, -0.25) is 0 Å². The van der Waals surface area contributed by atoms with Crippen LogP contribution in [0, 0.1) is 29.4 Å². The van der Waals surface area contributed by atoms with Crippen molar-refractivity contribution in [2.24, 2.45) is 17.8 Å². The monoisotopic (exact) mass is 430 g/mol. The number of rotatable bonds is 4. The first-order valence-electron chi connectivity index (χ1n) is 10.6. The molecule has 0 bridgehead atoms. The molecule has 0 aromatic heterocycles. The quantitative estimate of drug-likeness (QED) is 0.377. The van der Waals surface area contributed by atoms with Gasteiger partial charge in [0, 0.05) is 11.6 Å². The lowest BCUT2D eigenvalue weighted by Crippen LogP contribution is -2.29. The summed E-state index contributed by atoms with van der Waals surface area (Å²) in [6.07, 6.45) is 3.51. The highest BCUT2D eigenvalue weighted by atomic mass is 19.4. The van der Waals surface area contributed by atoms with Gasteiger partial charge in [-0.05, 0) is 74.5 Å². The van der Waals surface area contributed by atoms with E-state index in [2.05, 4.69) is 6.92 Å². The lowest BCUT2D eigenvalue weighted by Gasteiger charge is -2.37. The fourth-order valence-corrected chi connectivity index (χ4v) is 4.69. The molecule has 0 aliphatic heterocycles. The van der Waals surface area contributed by atoms with E-state index < -0.39 is 29.3 Å². The summed E-state index contributed by atoms with van der Waals surface area (Å²) in [5.41, 5.74) is -1.18. The third-order valence-corrected chi connectivity index (χ3v) is 6.47. The Labute approximate surface area is 173 Å². The molecule has 0 saturated heterocycles. The second-order valence-electron chi connectivity index (χ2n) is 8.69. The highest BCUT2D eigenvalue weighted by Gasteiger charge is 2.31. The summed E-state index contributed by atoms with van der Waals surface area (Å²) in [7, 11) is 0. The highest BCUT2D eigenvalue weighted by Crippen LogP contribution is 2.40. The summed E-state index contributed by atoms with van der Waals surface area (Å²) in [4.78, 5) is 12.3. The molecule has 2 nitrogen and oxygen atoms in total. The van der Waals surface area contributed by atoms with Crippen LogP contribution >= 0.6 is 0 Å². The number of halogens is 5. The second-order valence-corrected chi connectivity index (χ2v) is 8.69. The van der Waals surface area contributed by atoms with Gasteiger partial charge in [0.15, 0.2) is 0 Å². The summed E-state index contributed by atoms with van der Waals surface area (Å²) in [5, 5.41) is 0. The maximum atomic E-state index is 14.0. The first kappa shape index (κ1) is 22.8. The van der Waals surface area contributed by atoms with Crippen molar-refractivity contribution in [1.29, 1.82) is 0 Å². The molecule has 2 aliphatic rings. The highest BCUT2D eigenvalue weighted by molar-refractivity contribution is 5.90. The Balaban J connectivity index is 1.56. The van der Waals surface area contributed by atoms with Gasteiger partial charge in [-0.1, -0.05) is 19.8 Å². The molecule has 7 heteroatoms. The van der Waals surface area contributed by atoms with Gasteiger partial charge in [0.25, 0.3) is 0 Å². The van der Waals surface area contributed by atoms with Crippen molar-refractivity contribution in [1.82, 2.24) is 0 Å². The van der Waals surface area contributed by atoms with Gasteiger partial charge in [-0.25, -0.2) is 13.6 Å². The zero-order valence-corrected chi connectivity index (χ0v) is 17.0. The molecule has 0 unspecified atom stereocenters. The maximum Gasteiger partial charge on any atom is 0.409 e. The molecule has 2 fully saturated rings. The Hall–Kier alpha value is -1.92. The van der Waals surface area contributed by atoms with Gasteiger partial charge in [0.1, 0.15) is 17.7 Å². The van der Waals surface area contributed by atoms with Gasteiger partial charge in [-0.15, -0.1) is 0 Å². The van der Waals surface area contributed by atoms with E-state index in [4.69, 9.17) is 4.74 Å². The minimum Gasteiger partial charge on any atom is -0.459 e. The molecule has 0 spiro atoms. The SMILES string of the molecule is CC1CCC(C2CCC(OC(=O)c3cc(F)c(C=CC(F)(F)F)c(F)c3)CC2)CC1. The lowest BCUT2D eigenvalue weighted by molar-refractivity contribution is -0.0790. The molecule has 166 valence electrons. The van der Waals surface area contributed by atoms with Crippen molar-refractivity contribution in [3.8, 4) is 0 Å². The summed E-state index contributed by atoms with van der Waals surface area (Å²) in [5.74, 6) is -1.15. The van der Waals surface area contributed by atoms with Crippen molar-refractivity contribution in [3.05, 3.63) is 41.0 Å². The van der Waals surface area contributed by atoms with Crippen LogP contribution in [0.3, 0.4) is 0 Å². The van der Waals surface area contributed by atoms with Gasteiger partial charge in [0.05, 0.1) is 5.56 Å². The average molecular weight is 430 g/mol. The van der Waals surface area contributed by atoms with E-state index in [1.54, 1.807) is 0 Å². The number of hydrogen-bond donors (Lipinski definition) is 0. The maximum absolute atomic E-state index is 14.0. The number of carbonyl (C=O) groups is 1. The molecular weight excluding hydrogens is 403 g/mol. The van der Waals surface area contributed by atoms with E-state index in [1.807, 2.05) is 0 Å². The number of benzene rings is 1. The standard InChI is InChI=1S/C23H27F5O2/c1-14-2-4-15(5-3-14)16-6-8-18(9-7-16)30-22(29)17-12-20(24)19(21(25)13-17)10-11-23(26,27)28/h10-16,18H,2-9H2,1H3. The largest absolute Gasteiger partial charge is 0.459 e. The van der Waals surface area contributed by atoms with Crippen LogP contribution in [-0.2, 0) is 4.74 Å². The predicted molar refractivity (Wildman–Crippen MR) is 104 cm³/mol. The van der Waals surface area contributed by atoms with E-state index in [1.165, 1.54) is 25.7 Å². The molecule has 2 saturated carbocycles. The Morgan fingerprint density at radius 2 is 1.43 bits per heavy atom. The van der Waals surface area contributed by atoms with Crippen LogP contribution in [0.2, 0.25) is 0 Å². The molecule has 1 aromatic carbocycles. The molecule has 0 atom stereocenters. The molecule has 3 rings (SSSR count). The summed E-state index contributed by atoms with van der Waals surface area (Å²) < 4.78 is 70.2. The minimum absolute atomic E-state index is 0.252. The van der Waals surface area contributed by atoms with E-state index in [0.717, 1.165) is 49.7 Å². The number of carbonyl (C=O) groups excluding carboxylic acids is 1. The summed E-state index contributed by atoms with van der Waals surface area (Å²) in [6, 6.07) is 1.44. The normalized spacial score (nSPS) is 27.9. The average Bonchev–Trinajstić information content (AvgIpc) is 2.67. The zero-order valence-electron chi connectivity index (χ0n) is 17.0. The van der Waals surface area contributed by atoms with Crippen LogP contribution in [0.15, 0.2) is 18.2 Å². The Bertz CT molecular complexity index is 747. The van der Waals surface area contributed by atoms with Crippen molar-refractivity contribution in [2.75, 3.05) is 0 Å². The van der Waals surface area contributed by atoms with Gasteiger partial charge < -0.3 is 4.74 Å². The van der Waals surface area contributed by atoms with Crippen molar-refractivity contribution in [2.45, 2.75) is 70.6 Å². The molecule has 0 amide bonds. The Morgan fingerprint density at radius 3 is 1.93 bits per heavy atom. The van der Waals surface area contributed by atoms with E-state index in [9.17, 15) is 26.7 Å². The van der Waals surface area contributed by atoms with Gasteiger partial charge >= 0.3 is 12.1 Å². The van der Waals surface area contributed by atoms with Crippen LogP contribution in [0.1, 0.15) is 74.2 Å². The number of alkyl halides is 3. The third-order valence-electron chi connectivity index (χ3n) is 6.47. The molecular formula is C23H27F5O2. The van der Waals surface area contributed by atoms with Crippen molar-refractivity contribution in [3.63, 3.8) is 0 Å². The van der Waals surface area contributed by atoms with Crippen LogP contribution < -0.4 is 0 Å². The number of esters is 1. The zero-order chi connectivity index (χ0) is 21.9. The fourth-order valence-electron chi connectivity index (χ4n) is 4.69. The number of ether oxygens (including phenoxy) is 1. The van der Waals surface area contributed by atoms with Crippen molar-refractivity contribution < 1.29 is 31.5 Å². The van der Waals surface area contributed by atoms with Crippen LogP contribution in [0.5, 0.6) is 0 Å². The molecule has 0 heterocycles. The van der Waals surface area contributed by atoms with E-state index in [-0.39, 0.29) is 17.7 Å². The first-order valence-corrected chi connectivity index (χ1v) is 10.6. The fraction of sp³-hybridized carbons (Fsp3) is 0.609. The van der Waals surface area contributed by atoms with Gasteiger partial charge in [-0.2, -0.15) is 13.2 Å². The number of allylic oxidation sites excluding steroid dienone is 1. The Morgan fingerprint density at radius 1 is 0.933 bits per heavy atom. The van der Waals surface area contributed by atoms with Crippen LogP contribution in [-0.4, -0.2) is 18.2 Å². The van der Waals surface area contributed by atoms with Crippen LogP contribution in [0.4, 0.5) is 22.0 Å². The van der Waals surface area contributed by atoms with Crippen LogP contribution in [0.25, 0.3) is 6.08 Å². The lowest BCUT2D eigenvalue weighted by atomic mass is 9.71. The molecule has 30 heavy (non-hydrogen) atoms. The molecule has 0 radical (unpaired) electrons. The minimum atomic E-state index is -4.69. The smallest absolute Gasteiger partial charge is 0.409 e. The van der Waals surface area contributed by atoms with Gasteiger partial charge in [0.2, 0.25) is 0 Å². The Kier molecular flexibility index (Phi) is 7.19. The first-order chi connectivity index (χ1) is 14.1. The van der Waals surface area contributed by atoms with Crippen molar-refractivity contribution >= 4 is 12.0 Å². The predicted octanol–water partition coefficient (Wildman–Crippen LogP) is 7.08. The molecule has 1 aromatic rings. The summed E-state index contributed by atoms with van der Waals surface area (Å²) in [6.45, 7) is 2.29. The van der Waals surface area contributed by atoms with E-state index >= 15 is 0 Å². The van der Waals surface area contributed by atoms with E-state index in [0.29, 0.717) is 12.0 Å².